The summed E-state index contributed by atoms with van der Waals surface area (Å²) in [5, 5.41) is 3.26. The number of hydrogen-bond donors (Lipinski definition) is 2. The molecule has 1 atom stereocenters. The lowest BCUT2D eigenvalue weighted by Crippen LogP contribution is -2.37. The second-order valence-electron chi connectivity index (χ2n) is 7.80. The Bertz CT molecular complexity index is 1240. The fourth-order valence-electron chi connectivity index (χ4n) is 3.77. The van der Waals surface area contributed by atoms with E-state index >= 15 is 0 Å². The van der Waals surface area contributed by atoms with E-state index in [2.05, 4.69) is 5.32 Å². The summed E-state index contributed by atoms with van der Waals surface area (Å²) in [7, 11) is -4.47. The van der Waals surface area contributed by atoms with Crippen LogP contribution in [0, 0.1) is 0 Å². The van der Waals surface area contributed by atoms with E-state index in [1.54, 1.807) is 42.5 Å². The Morgan fingerprint density at radius 3 is 2.11 bits per heavy atom. The Labute approximate surface area is 210 Å². The summed E-state index contributed by atoms with van der Waals surface area (Å²) >= 11 is 0. The van der Waals surface area contributed by atoms with E-state index in [0.29, 0.717) is 11.1 Å². The molecule has 2 heterocycles. The van der Waals surface area contributed by atoms with Crippen LogP contribution in [-0.2, 0) is 32.9 Å². The van der Waals surface area contributed by atoms with Crippen molar-refractivity contribution in [2.24, 2.45) is 0 Å². The van der Waals surface area contributed by atoms with Gasteiger partial charge in [-0.2, -0.15) is 8.42 Å². The fraction of sp³-hybridized carbons (Fsp3) is 0.250. The van der Waals surface area contributed by atoms with Crippen LogP contribution in [0.5, 0.6) is 0 Å². The molecule has 11 heteroatoms. The molecule has 186 valence electrons. The van der Waals surface area contributed by atoms with Crippen molar-refractivity contribution >= 4 is 34.7 Å². The zero-order valence-electron chi connectivity index (χ0n) is 18.8. The van der Waals surface area contributed by atoms with Crippen LogP contribution >= 0.6 is 12.4 Å². The molecule has 0 spiro atoms. The van der Waals surface area contributed by atoms with Crippen LogP contribution in [0.2, 0.25) is 0 Å². The highest BCUT2D eigenvalue weighted by molar-refractivity contribution is 7.88. The lowest BCUT2D eigenvalue weighted by atomic mass is 10.1. The van der Waals surface area contributed by atoms with Gasteiger partial charge in [0.05, 0.1) is 0 Å². The van der Waals surface area contributed by atoms with Gasteiger partial charge in [0.25, 0.3) is 0 Å². The number of aromatic nitrogens is 1. The first-order valence-corrected chi connectivity index (χ1v) is 12.3. The fourth-order valence-corrected chi connectivity index (χ4v) is 4.78. The van der Waals surface area contributed by atoms with Crippen LogP contribution in [0.1, 0.15) is 46.1 Å². The summed E-state index contributed by atoms with van der Waals surface area (Å²) in [4.78, 5) is 25.2. The van der Waals surface area contributed by atoms with E-state index in [0.717, 1.165) is 28.9 Å². The molecule has 0 aliphatic carbocycles. The number of benzene rings is 2. The number of halogens is 1. The van der Waals surface area contributed by atoms with E-state index < -0.39 is 22.3 Å². The zero-order valence-corrected chi connectivity index (χ0v) is 20.4. The molecule has 1 amide bonds. The minimum Gasteiger partial charge on any atom is -0.456 e. The number of nitrogens with zero attached hydrogens (tertiary/aromatic N) is 1. The van der Waals surface area contributed by atoms with Crippen LogP contribution in [0.25, 0.3) is 0 Å². The van der Waals surface area contributed by atoms with E-state index in [4.69, 9.17) is 9.47 Å². The minimum absolute atomic E-state index is 0. The maximum Gasteiger partial charge on any atom is 0.422 e. The van der Waals surface area contributed by atoms with Crippen molar-refractivity contribution in [1.29, 1.82) is 0 Å². The molecular weight excluding hydrogens is 494 g/mol. The standard InChI is InChI=1S/C24H25N3O6S.ClH/c28-23(32-16-18-8-3-1-4-9-18)22-20(21-12-7-14-25-21)13-15-27(22)34(30,31)26-24(29)33-17-19-10-5-2-6-11-19;/h1-6,8-11,13,15,21,25H,7,12,14,16-17H2,(H,26,29);1H. The largest absolute Gasteiger partial charge is 0.456 e. The van der Waals surface area contributed by atoms with Gasteiger partial charge in [0.2, 0.25) is 0 Å². The van der Waals surface area contributed by atoms with Crippen LogP contribution in [0.4, 0.5) is 4.79 Å². The predicted molar refractivity (Wildman–Crippen MR) is 131 cm³/mol. The number of carbonyl (C=O) groups excluding carboxylic acids is 2. The number of esters is 1. The van der Waals surface area contributed by atoms with Gasteiger partial charge < -0.3 is 14.8 Å². The first-order chi connectivity index (χ1) is 16.4. The molecule has 1 aliphatic rings. The molecule has 1 fully saturated rings. The number of carbonyl (C=O) groups is 2. The van der Waals surface area contributed by atoms with Gasteiger partial charge in [0.1, 0.15) is 18.9 Å². The van der Waals surface area contributed by atoms with E-state index in [-0.39, 0.29) is 37.4 Å². The molecule has 1 aromatic heterocycles. The summed E-state index contributed by atoms with van der Waals surface area (Å²) in [6.45, 7) is 0.636. The first-order valence-electron chi connectivity index (χ1n) is 10.8. The zero-order chi connectivity index (χ0) is 24.0. The molecule has 1 saturated heterocycles. The van der Waals surface area contributed by atoms with Crippen LogP contribution in [0.3, 0.4) is 0 Å². The van der Waals surface area contributed by atoms with Gasteiger partial charge in [-0.3, -0.25) is 0 Å². The molecule has 3 aromatic rings. The molecular formula is C24H26ClN3O6S. The van der Waals surface area contributed by atoms with Gasteiger partial charge in [0, 0.05) is 17.8 Å². The molecule has 1 aliphatic heterocycles. The summed E-state index contributed by atoms with van der Waals surface area (Å²) in [5.41, 5.74) is 1.81. The Hall–Kier alpha value is -3.34. The molecule has 2 N–H and O–H groups in total. The Morgan fingerprint density at radius 2 is 1.54 bits per heavy atom. The number of ether oxygens (including phenoxy) is 2. The number of rotatable bonds is 8. The first kappa shape index (κ1) is 26.3. The monoisotopic (exact) mass is 519 g/mol. The number of amides is 1. The molecule has 0 saturated carbocycles. The van der Waals surface area contributed by atoms with Crippen molar-refractivity contribution in [3.8, 4) is 0 Å². The van der Waals surface area contributed by atoms with Crippen LogP contribution in [-0.4, -0.2) is 31.0 Å². The summed E-state index contributed by atoms with van der Waals surface area (Å²) < 4.78 is 39.1. The lowest BCUT2D eigenvalue weighted by Gasteiger charge is -2.15. The maximum absolute atomic E-state index is 13.0. The average Bonchev–Trinajstić information content (AvgIpc) is 3.53. The highest BCUT2D eigenvalue weighted by Crippen LogP contribution is 2.28. The quantitative estimate of drug-likeness (QED) is 0.436. The van der Waals surface area contributed by atoms with E-state index in [1.165, 1.54) is 6.20 Å². The highest BCUT2D eigenvalue weighted by atomic mass is 35.5. The SMILES string of the molecule is Cl.O=C(NS(=O)(=O)n1ccc(C2CCCN2)c1C(=O)OCc1ccccc1)OCc1ccccc1. The summed E-state index contributed by atoms with van der Waals surface area (Å²) in [6, 6.07) is 19.3. The maximum atomic E-state index is 13.0. The number of nitrogens with one attached hydrogen (secondary N) is 2. The van der Waals surface area contributed by atoms with Crippen LogP contribution < -0.4 is 10.0 Å². The molecule has 0 radical (unpaired) electrons. The molecule has 2 aromatic carbocycles. The molecule has 9 nitrogen and oxygen atoms in total. The van der Waals surface area contributed by atoms with Crippen molar-refractivity contribution < 1.29 is 27.5 Å². The second kappa shape index (κ2) is 11.9. The number of hydrogen-bond acceptors (Lipinski definition) is 7. The Balaban J connectivity index is 0.00000342. The van der Waals surface area contributed by atoms with Crippen molar-refractivity contribution in [3.63, 3.8) is 0 Å². The normalized spacial score (nSPS) is 15.1. The minimum atomic E-state index is -4.47. The molecule has 4 rings (SSSR count). The smallest absolute Gasteiger partial charge is 0.422 e. The third-order valence-electron chi connectivity index (χ3n) is 5.41. The van der Waals surface area contributed by atoms with Gasteiger partial charge in [-0.1, -0.05) is 60.7 Å². The topological polar surface area (TPSA) is 116 Å². The molecule has 35 heavy (non-hydrogen) atoms. The Kier molecular flexibility index (Phi) is 8.91. The van der Waals surface area contributed by atoms with Crippen molar-refractivity contribution in [2.75, 3.05) is 6.54 Å². The second-order valence-corrected chi connectivity index (χ2v) is 9.34. The Morgan fingerprint density at radius 1 is 0.943 bits per heavy atom. The lowest BCUT2D eigenvalue weighted by molar-refractivity contribution is 0.0462. The van der Waals surface area contributed by atoms with Gasteiger partial charge in [-0.15, -0.1) is 12.4 Å². The van der Waals surface area contributed by atoms with Gasteiger partial charge in [0.15, 0.2) is 0 Å². The highest BCUT2D eigenvalue weighted by Gasteiger charge is 2.31. The van der Waals surface area contributed by atoms with Gasteiger partial charge in [-0.25, -0.2) is 18.3 Å². The summed E-state index contributed by atoms with van der Waals surface area (Å²) in [5.74, 6) is -0.805. The summed E-state index contributed by atoms with van der Waals surface area (Å²) in [6.07, 6.45) is 1.73. The van der Waals surface area contributed by atoms with Gasteiger partial charge >= 0.3 is 22.3 Å². The van der Waals surface area contributed by atoms with E-state index in [9.17, 15) is 18.0 Å². The third-order valence-corrected chi connectivity index (χ3v) is 6.66. The van der Waals surface area contributed by atoms with E-state index in [1.807, 2.05) is 29.0 Å². The van der Waals surface area contributed by atoms with Gasteiger partial charge in [-0.05, 0) is 36.6 Å². The van der Waals surface area contributed by atoms with Crippen molar-refractivity contribution in [3.05, 3.63) is 95.3 Å². The molecule has 0 bridgehead atoms. The van der Waals surface area contributed by atoms with Crippen molar-refractivity contribution in [2.45, 2.75) is 32.1 Å². The van der Waals surface area contributed by atoms with Crippen LogP contribution in [0.15, 0.2) is 72.9 Å². The van der Waals surface area contributed by atoms with Crippen molar-refractivity contribution in [1.82, 2.24) is 14.0 Å². The third kappa shape index (κ3) is 6.62. The molecule has 1 unspecified atom stereocenters. The predicted octanol–water partition coefficient (Wildman–Crippen LogP) is 3.71. The average molecular weight is 520 g/mol.